The monoisotopic (exact) mass is 309 g/mol. The normalized spacial score (nSPS) is 12.9. The van der Waals surface area contributed by atoms with E-state index in [9.17, 15) is 0 Å². The molecule has 2 aromatic rings. The smallest absolute Gasteiger partial charge is 0.261 e. The quantitative estimate of drug-likeness (QED) is 0.936. The maximum Gasteiger partial charge on any atom is 0.261 e. The maximum absolute atomic E-state index is 5.75. The van der Waals surface area contributed by atoms with Crippen molar-refractivity contribution in [1.82, 2.24) is 25.1 Å². The molecule has 21 heavy (non-hydrogen) atoms. The van der Waals surface area contributed by atoms with Gasteiger partial charge in [-0.25, -0.2) is 0 Å². The van der Waals surface area contributed by atoms with E-state index in [1.807, 2.05) is 0 Å². The van der Waals surface area contributed by atoms with Crippen LogP contribution in [0.2, 0.25) is 0 Å². The summed E-state index contributed by atoms with van der Waals surface area (Å²) in [6, 6.07) is 0. The van der Waals surface area contributed by atoms with Gasteiger partial charge < -0.3 is 9.73 Å². The van der Waals surface area contributed by atoms with Crippen molar-refractivity contribution in [3.63, 3.8) is 0 Å². The third kappa shape index (κ3) is 4.31. The highest BCUT2D eigenvalue weighted by Crippen LogP contribution is 2.33. The van der Waals surface area contributed by atoms with Gasteiger partial charge in [-0.2, -0.15) is 0 Å². The zero-order valence-electron chi connectivity index (χ0n) is 13.5. The summed E-state index contributed by atoms with van der Waals surface area (Å²) in [5.74, 6) is 1.15. The van der Waals surface area contributed by atoms with Gasteiger partial charge in [-0.15, -0.1) is 15.3 Å². The van der Waals surface area contributed by atoms with Crippen LogP contribution in [-0.4, -0.2) is 31.9 Å². The molecule has 0 atom stereocenters. The second-order valence-corrected chi connectivity index (χ2v) is 7.88. The molecule has 0 saturated carbocycles. The Balaban J connectivity index is 2.09. The van der Waals surface area contributed by atoms with Crippen LogP contribution in [0.15, 0.2) is 4.42 Å². The first kappa shape index (κ1) is 16.0. The molecule has 7 heteroatoms. The van der Waals surface area contributed by atoms with Gasteiger partial charge >= 0.3 is 0 Å². The van der Waals surface area contributed by atoms with Crippen LogP contribution in [0.1, 0.15) is 53.1 Å². The van der Waals surface area contributed by atoms with Gasteiger partial charge in [0.25, 0.3) is 5.89 Å². The summed E-state index contributed by atoms with van der Waals surface area (Å²) >= 11 is 1.30. The first-order valence-electron chi connectivity index (χ1n) is 7.07. The Kier molecular flexibility index (Phi) is 4.43. The molecule has 0 radical (unpaired) electrons. The van der Waals surface area contributed by atoms with Gasteiger partial charge in [0.05, 0.1) is 5.69 Å². The Morgan fingerprint density at radius 1 is 1.05 bits per heavy atom. The molecular weight excluding hydrogens is 286 g/mol. The van der Waals surface area contributed by atoms with Crippen molar-refractivity contribution in [2.45, 2.75) is 58.9 Å². The van der Waals surface area contributed by atoms with Gasteiger partial charge in [0, 0.05) is 23.9 Å². The van der Waals surface area contributed by atoms with E-state index in [1.165, 1.54) is 11.5 Å². The predicted molar refractivity (Wildman–Crippen MR) is 83.4 cm³/mol. The second kappa shape index (κ2) is 5.81. The number of aromatic nitrogens is 4. The van der Waals surface area contributed by atoms with Gasteiger partial charge in [-0.3, -0.25) is 0 Å². The first-order valence-corrected chi connectivity index (χ1v) is 7.85. The molecule has 2 rings (SSSR count). The average Bonchev–Trinajstić information content (AvgIpc) is 2.92. The van der Waals surface area contributed by atoms with Gasteiger partial charge in [-0.1, -0.05) is 25.3 Å². The maximum atomic E-state index is 5.75. The summed E-state index contributed by atoms with van der Waals surface area (Å²) in [5, 5.41) is 15.8. The fourth-order valence-electron chi connectivity index (χ4n) is 1.81. The molecule has 2 aromatic heterocycles. The number of rotatable bonds is 4. The van der Waals surface area contributed by atoms with Crippen molar-refractivity contribution in [2.75, 3.05) is 6.54 Å². The molecule has 0 aliphatic rings. The Bertz CT molecular complexity index is 591. The largest absolute Gasteiger partial charge is 0.420 e. The Morgan fingerprint density at radius 3 is 2.38 bits per heavy atom. The van der Waals surface area contributed by atoms with Crippen LogP contribution in [0, 0.1) is 0 Å². The van der Waals surface area contributed by atoms with E-state index in [4.69, 9.17) is 4.42 Å². The van der Waals surface area contributed by atoms with E-state index < -0.39 is 0 Å². The zero-order valence-corrected chi connectivity index (χ0v) is 14.3. The van der Waals surface area contributed by atoms with E-state index >= 15 is 0 Å². The van der Waals surface area contributed by atoms with E-state index in [0.29, 0.717) is 18.2 Å². The lowest BCUT2D eigenvalue weighted by Crippen LogP contribution is -2.37. The van der Waals surface area contributed by atoms with Gasteiger partial charge in [-0.05, 0) is 32.3 Å². The topological polar surface area (TPSA) is 76.7 Å². The van der Waals surface area contributed by atoms with Crippen LogP contribution >= 0.6 is 11.5 Å². The molecule has 0 unspecified atom stereocenters. The third-order valence-corrected chi connectivity index (χ3v) is 3.57. The number of nitrogens with zero attached hydrogens (tertiary/aromatic N) is 4. The van der Waals surface area contributed by atoms with Gasteiger partial charge in [0.15, 0.2) is 0 Å². The highest BCUT2D eigenvalue weighted by atomic mass is 32.1. The number of hydrogen-bond acceptors (Lipinski definition) is 7. The van der Waals surface area contributed by atoms with Gasteiger partial charge in [0.1, 0.15) is 4.88 Å². The van der Waals surface area contributed by atoms with Crippen molar-refractivity contribution >= 4 is 11.5 Å². The predicted octanol–water partition coefficient (Wildman–Crippen LogP) is 2.82. The molecule has 6 nitrogen and oxygen atoms in total. The fourth-order valence-corrected chi connectivity index (χ4v) is 2.61. The van der Waals surface area contributed by atoms with Crippen LogP contribution in [0.25, 0.3) is 10.8 Å². The summed E-state index contributed by atoms with van der Waals surface area (Å²) < 4.78 is 9.77. The molecule has 0 aromatic carbocycles. The van der Waals surface area contributed by atoms with Crippen molar-refractivity contribution in [2.24, 2.45) is 0 Å². The number of hydrogen-bond donors (Lipinski definition) is 1. The van der Waals surface area contributed by atoms with Crippen LogP contribution in [0.4, 0.5) is 0 Å². The highest BCUT2D eigenvalue weighted by Gasteiger charge is 2.26. The van der Waals surface area contributed by atoms with Gasteiger partial charge in [0.2, 0.25) is 5.89 Å². The average molecular weight is 309 g/mol. The third-order valence-electron chi connectivity index (χ3n) is 2.85. The van der Waals surface area contributed by atoms with E-state index in [1.54, 1.807) is 0 Å². The van der Waals surface area contributed by atoms with E-state index in [0.717, 1.165) is 17.1 Å². The van der Waals surface area contributed by atoms with Crippen molar-refractivity contribution in [1.29, 1.82) is 0 Å². The summed E-state index contributed by atoms with van der Waals surface area (Å²) in [5.41, 5.74) is 0.893. The Labute approximate surface area is 129 Å². The second-order valence-electron chi connectivity index (χ2n) is 7.13. The Morgan fingerprint density at radius 2 is 1.76 bits per heavy atom. The molecule has 0 fully saturated rings. The minimum absolute atomic E-state index is 0.0872. The Hall–Kier alpha value is -1.34. The molecule has 0 aliphatic heterocycles. The van der Waals surface area contributed by atoms with Crippen LogP contribution in [0.5, 0.6) is 0 Å². The molecule has 0 aliphatic carbocycles. The van der Waals surface area contributed by atoms with Crippen molar-refractivity contribution in [3.8, 4) is 10.8 Å². The summed E-state index contributed by atoms with van der Waals surface area (Å²) in [7, 11) is 0. The SMILES string of the molecule is CC(C)(C)NCCc1nnc(-c2snnc2C(C)(C)C)o1. The highest BCUT2D eigenvalue weighted by molar-refractivity contribution is 7.09. The minimum Gasteiger partial charge on any atom is -0.420 e. The molecule has 0 spiro atoms. The van der Waals surface area contributed by atoms with Crippen molar-refractivity contribution < 1.29 is 4.42 Å². The molecule has 116 valence electrons. The molecule has 2 heterocycles. The fraction of sp³-hybridized carbons (Fsp3) is 0.714. The molecule has 0 amide bonds. The lowest BCUT2D eigenvalue weighted by atomic mass is 9.91. The molecular formula is C14H23N5OS. The van der Waals surface area contributed by atoms with Crippen LogP contribution in [-0.2, 0) is 11.8 Å². The van der Waals surface area contributed by atoms with Crippen LogP contribution in [0.3, 0.4) is 0 Å². The lowest BCUT2D eigenvalue weighted by molar-refractivity contribution is 0.411. The number of nitrogens with one attached hydrogen (secondary N) is 1. The lowest BCUT2D eigenvalue weighted by Gasteiger charge is -2.19. The molecule has 0 saturated heterocycles. The van der Waals surface area contributed by atoms with Crippen LogP contribution < -0.4 is 5.32 Å². The van der Waals surface area contributed by atoms with E-state index in [2.05, 4.69) is 66.6 Å². The summed E-state index contributed by atoms with van der Waals surface area (Å²) in [6.07, 6.45) is 0.710. The molecule has 1 N–H and O–H groups in total. The summed E-state index contributed by atoms with van der Waals surface area (Å²) in [6.45, 7) is 13.5. The first-order chi connectivity index (χ1) is 9.67. The van der Waals surface area contributed by atoms with Crippen molar-refractivity contribution in [3.05, 3.63) is 11.6 Å². The molecule has 0 bridgehead atoms. The summed E-state index contributed by atoms with van der Waals surface area (Å²) in [4.78, 5) is 0.866. The minimum atomic E-state index is -0.0925. The standard InChI is InChI=1S/C14H23N5OS/c1-13(2,3)11-10(21-19-17-11)12-18-16-9(20-12)7-8-15-14(4,5)6/h15H,7-8H2,1-6H3. The zero-order chi connectivity index (χ0) is 15.7. The van der Waals surface area contributed by atoms with E-state index in [-0.39, 0.29) is 11.0 Å².